The van der Waals surface area contributed by atoms with Crippen LogP contribution in [0.3, 0.4) is 0 Å². The lowest BCUT2D eigenvalue weighted by atomic mass is 9.79. The first-order valence-corrected chi connectivity index (χ1v) is 15.3. The standard InChI is InChI=1S/C33H49N3O6/c1-24(39-4)7-5-17-40-29-11-9-27(10-12-29)33-28(21-35-25(2)37)20-34-22-32(33)42-23-26-8-13-31-30(19-26)36(15-18-41-31)14-6-16-38-3/h8-13,19,24,28,32-34H,5-7,14-18,20-23H2,1-4H3,(H,35,37)/t24-,28+,32+,33+/m1/s1. The van der Waals surface area contributed by atoms with Gasteiger partial charge in [0.2, 0.25) is 5.91 Å². The molecule has 2 aromatic rings. The predicted octanol–water partition coefficient (Wildman–Crippen LogP) is 4.14. The van der Waals surface area contributed by atoms with Crippen molar-refractivity contribution < 1.29 is 28.5 Å². The lowest BCUT2D eigenvalue weighted by molar-refractivity contribution is -0.119. The minimum absolute atomic E-state index is 0.0188. The number of hydrogen-bond acceptors (Lipinski definition) is 8. The molecule has 0 aliphatic carbocycles. The van der Waals surface area contributed by atoms with Crippen LogP contribution in [0.1, 0.15) is 50.2 Å². The zero-order valence-electron chi connectivity index (χ0n) is 25.7. The highest BCUT2D eigenvalue weighted by Crippen LogP contribution is 2.36. The van der Waals surface area contributed by atoms with E-state index in [0.717, 1.165) is 74.8 Å². The fourth-order valence-electron chi connectivity index (χ4n) is 5.80. The van der Waals surface area contributed by atoms with E-state index in [9.17, 15) is 4.79 Å². The van der Waals surface area contributed by atoms with Crippen LogP contribution in [0.4, 0.5) is 5.69 Å². The Kier molecular flexibility index (Phi) is 12.8. The molecular formula is C33H49N3O6. The Bertz CT molecular complexity index is 1100. The molecule has 42 heavy (non-hydrogen) atoms. The number of carbonyl (C=O) groups is 1. The Morgan fingerprint density at radius 3 is 2.71 bits per heavy atom. The molecule has 2 heterocycles. The van der Waals surface area contributed by atoms with Crippen molar-refractivity contribution >= 4 is 11.6 Å². The van der Waals surface area contributed by atoms with Crippen LogP contribution in [-0.2, 0) is 25.6 Å². The third-order valence-electron chi connectivity index (χ3n) is 8.19. The number of benzene rings is 2. The molecule has 4 atom stereocenters. The van der Waals surface area contributed by atoms with E-state index in [-0.39, 0.29) is 30.0 Å². The maximum Gasteiger partial charge on any atom is 0.216 e. The van der Waals surface area contributed by atoms with E-state index in [1.54, 1.807) is 21.1 Å². The SMILES string of the molecule is COCCCN1CCOc2ccc(CO[C@H]3CNC[C@@H](CNC(C)=O)[C@@H]3c3ccc(OCCC[C@@H](C)OC)cc3)cc21. The smallest absolute Gasteiger partial charge is 0.216 e. The number of methoxy groups -OCH3 is 2. The van der Waals surface area contributed by atoms with Crippen LogP contribution in [0, 0.1) is 5.92 Å². The maximum absolute atomic E-state index is 11.8. The van der Waals surface area contributed by atoms with Crippen molar-refractivity contribution in [3.63, 3.8) is 0 Å². The topological polar surface area (TPSA) is 90.5 Å². The number of rotatable bonds is 16. The third-order valence-corrected chi connectivity index (χ3v) is 8.19. The van der Waals surface area contributed by atoms with Crippen LogP contribution in [0.5, 0.6) is 11.5 Å². The summed E-state index contributed by atoms with van der Waals surface area (Å²) in [6.07, 6.45) is 3.07. The number of anilines is 1. The summed E-state index contributed by atoms with van der Waals surface area (Å²) in [5.74, 6) is 2.09. The highest BCUT2D eigenvalue weighted by atomic mass is 16.5. The Labute approximate surface area is 251 Å². The van der Waals surface area contributed by atoms with E-state index < -0.39 is 0 Å². The molecule has 1 amide bonds. The quantitative estimate of drug-likeness (QED) is 0.285. The summed E-state index contributed by atoms with van der Waals surface area (Å²) in [6.45, 7) is 10.2. The Balaban J connectivity index is 1.43. The zero-order valence-corrected chi connectivity index (χ0v) is 25.7. The molecule has 2 aromatic carbocycles. The summed E-state index contributed by atoms with van der Waals surface area (Å²) in [7, 11) is 3.48. The number of nitrogens with zero attached hydrogens (tertiary/aromatic N) is 1. The molecule has 2 N–H and O–H groups in total. The summed E-state index contributed by atoms with van der Waals surface area (Å²) in [6, 6.07) is 14.7. The molecule has 0 unspecified atom stereocenters. The van der Waals surface area contributed by atoms with Crippen LogP contribution in [0.25, 0.3) is 0 Å². The molecule has 0 saturated carbocycles. The third kappa shape index (κ3) is 9.33. The van der Waals surface area contributed by atoms with Crippen molar-refractivity contribution in [1.82, 2.24) is 10.6 Å². The van der Waals surface area contributed by atoms with Gasteiger partial charge in [0, 0.05) is 59.8 Å². The van der Waals surface area contributed by atoms with Gasteiger partial charge in [-0.25, -0.2) is 0 Å². The van der Waals surface area contributed by atoms with Gasteiger partial charge in [-0.15, -0.1) is 0 Å². The number of ether oxygens (including phenoxy) is 5. The van der Waals surface area contributed by atoms with Crippen LogP contribution >= 0.6 is 0 Å². The molecule has 4 rings (SSSR count). The van der Waals surface area contributed by atoms with E-state index >= 15 is 0 Å². The van der Waals surface area contributed by atoms with Gasteiger partial charge < -0.3 is 39.2 Å². The van der Waals surface area contributed by atoms with Gasteiger partial charge in [-0.2, -0.15) is 0 Å². The lowest BCUT2D eigenvalue weighted by Gasteiger charge is -2.39. The first-order valence-electron chi connectivity index (χ1n) is 15.3. The molecule has 0 aromatic heterocycles. The predicted molar refractivity (Wildman–Crippen MR) is 165 cm³/mol. The van der Waals surface area contributed by atoms with Crippen molar-refractivity contribution in [3.05, 3.63) is 53.6 Å². The molecular weight excluding hydrogens is 534 g/mol. The van der Waals surface area contributed by atoms with Crippen molar-refractivity contribution in [2.45, 2.75) is 57.8 Å². The molecule has 232 valence electrons. The van der Waals surface area contributed by atoms with Gasteiger partial charge >= 0.3 is 0 Å². The first kappa shape index (κ1) is 32.1. The maximum atomic E-state index is 11.8. The monoisotopic (exact) mass is 583 g/mol. The van der Waals surface area contributed by atoms with Crippen molar-refractivity contribution in [2.24, 2.45) is 5.92 Å². The average molecular weight is 584 g/mol. The molecule has 0 spiro atoms. The van der Waals surface area contributed by atoms with Gasteiger partial charge in [-0.05, 0) is 67.5 Å². The number of amides is 1. The number of nitrogens with one attached hydrogen (secondary N) is 2. The number of piperidine rings is 1. The van der Waals surface area contributed by atoms with Crippen molar-refractivity contribution in [3.8, 4) is 11.5 Å². The van der Waals surface area contributed by atoms with Crippen molar-refractivity contribution in [1.29, 1.82) is 0 Å². The highest BCUT2D eigenvalue weighted by Gasteiger charge is 2.35. The largest absolute Gasteiger partial charge is 0.494 e. The summed E-state index contributed by atoms with van der Waals surface area (Å²) in [4.78, 5) is 14.1. The van der Waals surface area contributed by atoms with Crippen LogP contribution in [-0.4, -0.2) is 84.9 Å². The van der Waals surface area contributed by atoms with E-state index in [0.29, 0.717) is 26.4 Å². The molecule has 2 aliphatic rings. The summed E-state index contributed by atoms with van der Waals surface area (Å²) in [5, 5.41) is 6.57. The van der Waals surface area contributed by atoms with E-state index in [2.05, 4.69) is 52.8 Å². The first-order chi connectivity index (χ1) is 20.5. The second-order valence-corrected chi connectivity index (χ2v) is 11.3. The average Bonchev–Trinajstić information content (AvgIpc) is 3.01. The van der Waals surface area contributed by atoms with Gasteiger partial charge in [0.25, 0.3) is 0 Å². The van der Waals surface area contributed by atoms with Gasteiger partial charge in [0.05, 0.1) is 37.7 Å². The molecule has 9 nitrogen and oxygen atoms in total. The molecule has 1 saturated heterocycles. The minimum Gasteiger partial charge on any atom is -0.494 e. The van der Waals surface area contributed by atoms with Crippen LogP contribution in [0.15, 0.2) is 42.5 Å². The Morgan fingerprint density at radius 2 is 1.95 bits per heavy atom. The van der Waals surface area contributed by atoms with Gasteiger partial charge in [-0.3, -0.25) is 4.79 Å². The number of hydrogen-bond donors (Lipinski definition) is 2. The van der Waals surface area contributed by atoms with Gasteiger partial charge in [0.1, 0.15) is 18.1 Å². The molecule has 1 fully saturated rings. The van der Waals surface area contributed by atoms with Gasteiger partial charge in [0.15, 0.2) is 0 Å². The van der Waals surface area contributed by atoms with E-state index in [1.165, 1.54) is 5.56 Å². The summed E-state index contributed by atoms with van der Waals surface area (Å²) >= 11 is 0. The second-order valence-electron chi connectivity index (χ2n) is 11.3. The van der Waals surface area contributed by atoms with Crippen molar-refractivity contribution in [2.75, 3.05) is 71.7 Å². The molecule has 2 aliphatic heterocycles. The van der Waals surface area contributed by atoms with Crippen LogP contribution < -0.4 is 25.0 Å². The van der Waals surface area contributed by atoms with E-state index in [1.807, 2.05) is 12.1 Å². The van der Waals surface area contributed by atoms with Gasteiger partial charge in [-0.1, -0.05) is 18.2 Å². The second kappa shape index (κ2) is 16.7. The summed E-state index contributed by atoms with van der Waals surface area (Å²) in [5.41, 5.74) is 3.43. The fraction of sp³-hybridized carbons (Fsp3) is 0.606. The van der Waals surface area contributed by atoms with Crippen LogP contribution in [0.2, 0.25) is 0 Å². The minimum atomic E-state index is -0.0510. The number of carbonyl (C=O) groups excluding carboxylic acids is 1. The number of fused-ring (bicyclic) bond motifs is 1. The normalized spacial score (nSPS) is 20.9. The molecule has 9 heteroatoms. The Morgan fingerprint density at radius 1 is 1.12 bits per heavy atom. The molecule has 0 radical (unpaired) electrons. The van der Waals surface area contributed by atoms with E-state index in [4.69, 9.17) is 23.7 Å². The highest BCUT2D eigenvalue weighted by molar-refractivity contribution is 5.72. The fourth-order valence-corrected chi connectivity index (χ4v) is 5.80. The Hall–Kier alpha value is -2.85. The summed E-state index contributed by atoms with van der Waals surface area (Å²) < 4.78 is 29.1. The molecule has 0 bridgehead atoms. The lowest BCUT2D eigenvalue weighted by Crippen LogP contribution is -2.50. The zero-order chi connectivity index (χ0) is 29.7.